The standard InChI is InChI=1S/C19H37NO4S/c1-2-3-4-5-6-7-8-9-10-11-12-13-16-19(21)20-17-14-15-18-25(22,23)24/h13,16H,2-12,14-15,17-18H2,1H3,(H,20,21)(H,22,23,24)/b16-13+. The summed E-state index contributed by atoms with van der Waals surface area (Å²) in [5.41, 5.74) is 0. The molecule has 0 radical (unpaired) electrons. The highest BCUT2D eigenvalue weighted by Gasteiger charge is 2.03. The zero-order valence-corrected chi connectivity index (χ0v) is 16.7. The average Bonchev–Trinajstić information content (AvgIpc) is 2.54. The van der Waals surface area contributed by atoms with E-state index in [4.69, 9.17) is 4.55 Å². The minimum atomic E-state index is -3.89. The molecule has 0 atom stereocenters. The quantitative estimate of drug-likeness (QED) is 0.220. The van der Waals surface area contributed by atoms with Gasteiger partial charge in [0.15, 0.2) is 0 Å². The Morgan fingerprint density at radius 2 is 1.44 bits per heavy atom. The van der Waals surface area contributed by atoms with Gasteiger partial charge in [0.2, 0.25) is 5.91 Å². The first-order chi connectivity index (χ1) is 12.0. The summed E-state index contributed by atoms with van der Waals surface area (Å²) < 4.78 is 29.6. The van der Waals surface area contributed by atoms with Gasteiger partial charge in [-0.1, -0.05) is 70.8 Å². The number of nitrogens with one attached hydrogen (secondary N) is 1. The molecule has 0 aliphatic carbocycles. The predicted molar refractivity (Wildman–Crippen MR) is 104 cm³/mol. The maximum Gasteiger partial charge on any atom is 0.264 e. The van der Waals surface area contributed by atoms with Crippen molar-refractivity contribution in [1.29, 1.82) is 0 Å². The summed E-state index contributed by atoms with van der Waals surface area (Å²) in [7, 11) is -3.89. The fourth-order valence-electron chi connectivity index (χ4n) is 2.62. The number of unbranched alkanes of at least 4 members (excludes halogenated alkanes) is 11. The summed E-state index contributed by atoms with van der Waals surface area (Å²) >= 11 is 0. The third kappa shape index (κ3) is 21.1. The molecule has 6 heteroatoms. The van der Waals surface area contributed by atoms with Crippen LogP contribution in [0, 0.1) is 0 Å². The fraction of sp³-hybridized carbons (Fsp3) is 0.842. The largest absolute Gasteiger partial charge is 0.353 e. The number of carbonyl (C=O) groups is 1. The molecule has 0 rings (SSSR count). The predicted octanol–water partition coefficient (Wildman–Crippen LogP) is 4.64. The van der Waals surface area contributed by atoms with Gasteiger partial charge in [-0.15, -0.1) is 0 Å². The monoisotopic (exact) mass is 375 g/mol. The second-order valence-electron chi connectivity index (χ2n) is 6.66. The molecule has 0 fully saturated rings. The number of rotatable bonds is 17. The molecule has 0 saturated heterocycles. The first-order valence-corrected chi connectivity index (χ1v) is 11.5. The van der Waals surface area contributed by atoms with Crippen LogP contribution in [-0.2, 0) is 14.9 Å². The second-order valence-corrected chi connectivity index (χ2v) is 8.23. The Labute approximate surface area is 154 Å². The van der Waals surface area contributed by atoms with E-state index in [9.17, 15) is 13.2 Å². The van der Waals surface area contributed by atoms with Crippen molar-refractivity contribution < 1.29 is 17.8 Å². The van der Waals surface area contributed by atoms with Crippen LogP contribution in [0.25, 0.3) is 0 Å². The summed E-state index contributed by atoms with van der Waals surface area (Å²) in [5, 5.41) is 2.71. The Bertz CT molecular complexity index is 446. The van der Waals surface area contributed by atoms with Gasteiger partial charge in [-0.2, -0.15) is 8.42 Å². The molecule has 0 saturated carbocycles. The van der Waals surface area contributed by atoms with Gasteiger partial charge in [-0.3, -0.25) is 9.35 Å². The summed E-state index contributed by atoms with van der Waals surface area (Å²) in [5.74, 6) is -0.392. The van der Waals surface area contributed by atoms with Crippen LogP contribution in [0.2, 0.25) is 0 Å². The molecule has 2 N–H and O–H groups in total. The number of hydrogen-bond acceptors (Lipinski definition) is 3. The van der Waals surface area contributed by atoms with Crippen molar-refractivity contribution in [2.75, 3.05) is 12.3 Å². The van der Waals surface area contributed by atoms with Gasteiger partial charge in [0.1, 0.15) is 0 Å². The molecule has 1 amide bonds. The van der Waals surface area contributed by atoms with Crippen molar-refractivity contribution >= 4 is 16.0 Å². The molecule has 0 aromatic rings. The number of allylic oxidation sites excluding steroid dienone is 1. The minimum Gasteiger partial charge on any atom is -0.353 e. The zero-order chi connectivity index (χ0) is 18.8. The zero-order valence-electron chi connectivity index (χ0n) is 15.8. The lowest BCUT2D eigenvalue weighted by Gasteiger charge is -2.02. The molecule has 148 valence electrons. The van der Waals surface area contributed by atoms with Crippen LogP contribution in [0.3, 0.4) is 0 Å². The van der Waals surface area contributed by atoms with Gasteiger partial charge in [0.25, 0.3) is 10.1 Å². The number of amides is 1. The lowest BCUT2D eigenvalue weighted by molar-refractivity contribution is -0.116. The van der Waals surface area contributed by atoms with E-state index in [2.05, 4.69) is 12.2 Å². The van der Waals surface area contributed by atoms with E-state index in [0.717, 1.165) is 12.8 Å². The molecule has 0 aliphatic heterocycles. The Balaban J connectivity index is 3.34. The third-order valence-corrected chi connectivity index (χ3v) is 4.93. The van der Waals surface area contributed by atoms with Crippen LogP contribution in [0.4, 0.5) is 0 Å². The van der Waals surface area contributed by atoms with E-state index in [1.54, 1.807) is 6.08 Å². The smallest absolute Gasteiger partial charge is 0.264 e. The topological polar surface area (TPSA) is 83.5 Å². The van der Waals surface area contributed by atoms with Gasteiger partial charge >= 0.3 is 0 Å². The Hall–Kier alpha value is -0.880. The Morgan fingerprint density at radius 1 is 0.880 bits per heavy atom. The molecule has 0 bridgehead atoms. The maximum absolute atomic E-state index is 11.5. The van der Waals surface area contributed by atoms with E-state index in [1.807, 2.05) is 6.08 Å². The van der Waals surface area contributed by atoms with E-state index in [0.29, 0.717) is 19.4 Å². The van der Waals surface area contributed by atoms with E-state index in [1.165, 1.54) is 57.8 Å². The van der Waals surface area contributed by atoms with Crippen molar-refractivity contribution in [3.05, 3.63) is 12.2 Å². The lowest BCUT2D eigenvalue weighted by atomic mass is 10.1. The van der Waals surface area contributed by atoms with Crippen molar-refractivity contribution in [3.8, 4) is 0 Å². The Kier molecular flexibility index (Phi) is 16.0. The first kappa shape index (κ1) is 24.1. The molecular formula is C19H37NO4S. The minimum absolute atomic E-state index is 0.140. The molecule has 0 aliphatic rings. The highest BCUT2D eigenvalue weighted by Crippen LogP contribution is 2.11. The molecular weight excluding hydrogens is 338 g/mol. The van der Waals surface area contributed by atoms with E-state index < -0.39 is 10.1 Å². The van der Waals surface area contributed by atoms with Gasteiger partial charge < -0.3 is 5.32 Å². The summed E-state index contributed by atoms with van der Waals surface area (Å²) in [4.78, 5) is 11.5. The van der Waals surface area contributed by atoms with Gasteiger partial charge in [-0.25, -0.2) is 0 Å². The van der Waals surface area contributed by atoms with Crippen molar-refractivity contribution in [3.63, 3.8) is 0 Å². The molecule has 0 spiro atoms. The third-order valence-electron chi connectivity index (χ3n) is 4.12. The van der Waals surface area contributed by atoms with Crippen LogP contribution in [-0.4, -0.2) is 31.2 Å². The molecule has 0 aromatic carbocycles. The first-order valence-electron chi connectivity index (χ1n) is 9.85. The number of hydrogen-bond donors (Lipinski definition) is 2. The van der Waals surface area contributed by atoms with Gasteiger partial charge in [0.05, 0.1) is 5.75 Å². The van der Waals surface area contributed by atoms with Gasteiger partial charge in [0, 0.05) is 6.54 Å². The van der Waals surface area contributed by atoms with Crippen LogP contribution in [0.15, 0.2) is 12.2 Å². The average molecular weight is 376 g/mol. The van der Waals surface area contributed by atoms with E-state index in [-0.39, 0.29) is 11.7 Å². The van der Waals surface area contributed by atoms with Crippen molar-refractivity contribution in [1.82, 2.24) is 5.32 Å². The molecule has 25 heavy (non-hydrogen) atoms. The van der Waals surface area contributed by atoms with Crippen LogP contribution in [0.1, 0.15) is 90.4 Å². The summed E-state index contributed by atoms with van der Waals surface area (Å²) in [6.07, 6.45) is 18.3. The SMILES string of the molecule is CCCCCCCCCCCC/C=C/C(=O)NCCCCS(=O)(=O)O. The van der Waals surface area contributed by atoms with E-state index >= 15 is 0 Å². The Morgan fingerprint density at radius 3 is 2.00 bits per heavy atom. The van der Waals surface area contributed by atoms with Crippen LogP contribution >= 0.6 is 0 Å². The number of carbonyl (C=O) groups excluding carboxylic acids is 1. The molecule has 5 nitrogen and oxygen atoms in total. The summed E-state index contributed by atoms with van der Waals surface area (Å²) in [6, 6.07) is 0. The fourth-order valence-corrected chi connectivity index (χ4v) is 3.19. The van der Waals surface area contributed by atoms with Crippen molar-refractivity contribution in [2.24, 2.45) is 0 Å². The molecule has 0 aromatic heterocycles. The van der Waals surface area contributed by atoms with Gasteiger partial charge in [-0.05, 0) is 31.8 Å². The van der Waals surface area contributed by atoms with Crippen LogP contribution in [0.5, 0.6) is 0 Å². The summed E-state index contributed by atoms with van der Waals surface area (Å²) in [6.45, 7) is 2.67. The maximum atomic E-state index is 11.5. The van der Waals surface area contributed by atoms with Crippen molar-refractivity contribution in [2.45, 2.75) is 90.4 Å². The lowest BCUT2D eigenvalue weighted by Crippen LogP contribution is -2.22. The second kappa shape index (κ2) is 16.6. The molecule has 0 heterocycles. The highest BCUT2D eigenvalue weighted by molar-refractivity contribution is 7.85. The normalized spacial score (nSPS) is 11.9. The highest BCUT2D eigenvalue weighted by atomic mass is 32.2. The van der Waals surface area contributed by atoms with Crippen LogP contribution < -0.4 is 5.32 Å². The molecule has 0 unspecified atom stereocenters.